The van der Waals surface area contributed by atoms with Crippen molar-refractivity contribution in [1.82, 2.24) is 10.7 Å². The van der Waals surface area contributed by atoms with Gasteiger partial charge in [-0.3, -0.25) is 9.59 Å². The van der Waals surface area contributed by atoms with Crippen LogP contribution in [0.4, 0.5) is 0 Å². The molecular formula is C26H22BrN3O6. The lowest BCUT2D eigenvalue weighted by Crippen LogP contribution is -2.32. The number of rotatable bonds is 8. The number of hydrazone groups is 1. The van der Waals surface area contributed by atoms with Crippen LogP contribution in [0, 0.1) is 0 Å². The Bertz CT molecular complexity index is 1340. The molecule has 0 saturated heterocycles. The Morgan fingerprint density at radius 1 is 0.972 bits per heavy atom. The summed E-state index contributed by atoms with van der Waals surface area (Å²) in [7, 11) is 3.04. The van der Waals surface area contributed by atoms with Crippen LogP contribution in [-0.4, -0.2) is 39.0 Å². The highest BCUT2D eigenvalue weighted by Crippen LogP contribution is 2.36. The Hall–Kier alpha value is -4.31. The van der Waals surface area contributed by atoms with Gasteiger partial charge < -0.3 is 24.3 Å². The van der Waals surface area contributed by atoms with Gasteiger partial charge in [-0.1, -0.05) is 24.3 Å². The number of hydrogen-bond donors (Lipinski definition) is 2. The first-order valence-electron chi connectivity index (χ1n) is 10.7. The number of methoxy groups -OCH3 is 2. The van der Waals surface area contributed by atoms with E-state index in [-0.39, 0.29) is 12.5 Å². The largest absolute Gasteiger partial charge is 0.493 e. The topological polar surface area (TPSA) is 107 Å². The van der Waals surface area contributed by atoms with E-state index >= 15 is 0 Å². The molecular weight excluding hydrogens is 530 g/mol. The summed E-state index contributed by atoms with van der Waals surface area (Å²) >= 11 is 3.44. The molecule has 0 aliphatic carbocycles. The molecule has 0 bridgehead atoms. The lowest BCUT2D eigenvalue weighted by atomic mass is 10.1. The lowest BCUT2D eigenvalue weighted by molar-refractivity contribution is -0.117. The average Bonchev–Trinajstić information content (AvgIpc) is 3.35. The van der Waals surface area contributed by atoms with Crippen molar-refractivity contribution in [2.45, 2.75) is 0 Å². The van der Waals surface area contributed by atoms with Crippen molar-refractivity contribution in [3.63, 3.8) is 0 Å². The molecule has 36 heavy (non-hydrogen) atoms. The number of halogens is 1. The Labute approximate surface area is 215 Å². The van der Waals surface area contributed by atoms with Crippen molar-refractivity contribution in [3.05, 3.63) is 87.5 Å². The molecule has 4 rings (SSSR count). The molecule has 0 saturated carbocycles. The van der Waals surface area contributed by atoms with Crippen molar-refractivity contribution < 1.29 is 28.5 Å². The van der Waals surface area contributed by atoms with Gasteiger partial charge in [-0.15, -0.1) is 0 Å². The van der Waals surface area contributed by atoms with Crippen molar-refractivity contribution in [2.24, 2.45) is 5.10 Å². The first-order valence-corrected chi connectivity index (χ1v) is 11.5. The molecule has 0 spiro atoms. The van der Waals surface area contributed by atoms with E-state index in [1.165, 1.54) is 26.5 Å². The van der Waals surface area contributed by atoms with Crippen LogP contribution in [0.3, 0.4) is 0 Å². The second-order valence-corrected chi connectivity index (χ2v) is 8.27. The summed E-state index contributed by atoms with van der Waals surface area (Å²) in [5, 5.41) is 6.70. The molecule has 3 aromatic rings. The van der Waals surface area contributed by atoms with Crippen LogP contribution in [0.15, 0.2) is 75.9 Å². The highest BCUT2D eigenvalue weighted by Gasteiger charge is 2.17. The van der Waals surface area contributed by atoms with Gasteiger partial charge in [0.15, 0.2) is 23.0 Å². The van der Waals surface area contributed by atoms with Crippen molar-refractivity contribution in [2.75, 3.05) is 21.0 Å². The summed E-state index contributed by atoms with van der Waals surface area (Å²) in [6.45, 7) is 0.143. The van der Waals surface area contributed by atoms with Gasteiger partial charge in [-0.2, -0.15) is 5.10 Å². The Morgan fingerprint density at radius 3 is 2.42 bits per heavy atom. The molecule has 0 aromatic heterocycles. The van der Waals surface area contributed by atoms with Gasteiger partial charge in [0.05, 0.1) is 20.4 Å². The molecule has 1 heterocycles. The van der Waals surface area contributed by atoms with Gasteiger partial charge in [0, 0.05) is 15.6 Å². The highest BCUT2D eigenvalue weighted by molar-refractivity contribution is 9.10. The quantitative estimate of drug-likeness (QED) is 0.248. The third kappa shape index (κ3) is 5.84. The van der Waals surface area contributed by atoms with E-state index in [4.69, 9.17) is 18.9 Å². The van der Waals surface area contributed by atoms with Crippen LogP contribution in [0.25, 0.3) is 6.08 Å². The minimum atomic E-state index is -0.623. The van der Waals surface area contributed by atoms with Crippen LogP contribution in [0.5, 0.6) is 23.0 Å². The maximum absolute atomic E-state index is 13.0. The van der Waals surface area contributed by atoms with Crippen molar-refractivity contribution in [3.8, 4) is 23.0 Å². The van der Waals surface area contributed by atoms with Crippen molar-refractivity contribution in [1.29, 1.82) is 0 Å². The standard InChI is InChI=1S/C26H22BrN3O6/c1-33-21-9-8-16(11-22(21)34-2)10-20(29-25(31)17-6-4-3-5-7-17)26(32)30-28-14-18-12-23-24(13-19(18)27)36-15-35-23/h3-14H,15H2,1-2H3,(H,29,31)(H,30,32). The average molecular weight is 552 g/mol. The zero-order valence-electron chi connectivity index (χ0n) is 19.4. The number of ether oxygens (including phenoxy) is 4. The molecule has 0 unspecified atom stereocenters. The fraction of sp³-hybridized carbons (Fsp3) is 0.115. The van der Waals surface area contributed by atoms with Crippen LogP contribution < -0.4 is 29.7 Å². The number of nitrogens with zero attached hydrogens (tertiary/aromatic N) is 1. The van der Waals surface area contributed by atoms with E-state index in [0.29, 0.717) is 44.2 Å². The summed E-state index contributed by atoms with van der Waals surface area (Å²) in [5.41, 5.74) is 4.11. The minimum absolute atomic E-state index is 0.0158. The van der Waals surface area contributed by atoms with E-state index in [2.05, 4.69) is 31.8 Å². The molecule has 0 fully saturated rings. The summed E-state index contributed by atoms with van der Waals surface area (Å²) in [6.07, 6.45) is 2.97. The van der Waals surface area contributed by atoms with E-state index in [1.807, 2.05) is 0 Å². The van der Waals surface area contributed by atoms with Gasteiger partial charge in [0.25, 0.3) is 11.8 Å². The van der Waals surface area contributed by atoms with E-state index in [9.17, 15) is 9.59 Å². The van der Waals surface area contributed by atoms with Gasteiger partial charge >= 0.3 is 0 Å². The number of nitrogens with one attached hydrogen (secondary N) is 2. The zero-order valence-corrected chi connectivity index (χ0v) is 21.0. The fourth-order valence-corrected chi connectivity index (χ4v) is 3.73. The second-order valence-electron chi connectivity index (χ2n) is 7.42. The second kappa shape index (κ2) is 11.4. The third-order valence-corrected chi connectivity index (χ3v) is 5.80. The lowest BCUT2D eigenvalue weighted by Gasteiger charge is -2.11. The maximum Gasteiger partial charge on any atom is 0.287 e. The Balaban J connectivity index is 1.58. The number of carbonyl (C=O) groups excluding carboxylic acids is 2. The SMILES string of the molecule is COc1ccc(C=C(NC(=O)c2ccccc2)C(=O)NN=Cc2cc3c(cc2Br)OCO3)cc1OC. The normalized spacial score (nSPS) is 12.4. The zero-order chi connectivity index (χ0) is 25.5. The summed E-state index contributed by atoms with van der Waals surface area (Å²) in [5.74, 6) is 1.14. The molecule has 0 radical (unpaired) electrons. The predicted molar refractivity (Wildman–Crippen MR) is 137 cm³/mol. The fourth-order valence-electron chi connectivity index (χ4n) is 3.30. The number of hydrogen-bond acceptors (Lipinski definition) is 7. The minimum Gasteiger partial charge on any atom is -0.493 e. The first-order chi connectivity index (χ1) is 17.5. The van der Waals surface area contributed by atoms with E-state index in [1.54, 1.807) is 60.7 Å². The summed E-state index contributed by atoms with van der Waals surface area (Å²) < 4.78 is 22.0. The molecule has 0 atom stereocenters. The molecule has 1 aliphatic rings. The van der Waals surface area contributed by atoms with Gasteiger partial charge in [-0.05, 0) is 64.0 Å². The van der Waals surface area contributed by atoms with Gasteiger partial charge in [-0.25, -0.2) is 5.43 Å². The number of amides is 2. The first kappa shape index (κ1) is 24.8. The Kier molecular flexibility index (Phi) is 7.86. The number of benzene rings is 3. The van der Waals surface area contributed by atoms with Crippen LogP contribution >= 0.6 is 15.9 Å². The Morgan fingerprint density at radius 2 is 1.69 bits per heavy atom. The molecule has 2 amide bonds. The molecule has 9 nitrogen and oxygen atoms in total. The van der Waals surface area contributed by atoms with Crippen molar-refractivity contribution >= 4 is 40.0 Å². The van der Waals surface area contributed by atoms with Gasteiger partial charge in [0.2, 0.25) is 6.79 Å². The van der Waals surface area contributed by atoms with Gasteiger partial charge in [0.1, 0.15) is 5.70 Å². The van der Waals surface area contributed by atoms with E-state index < -0.39 is 11.8 Å². The molecule has 10 heteroatoms. The molecule has 3 aromatic carbocycles. The predicted octanol–water partition coefficient (Wildman–Crippen LogP) is 4.12. The summed E-state index contributed by atoms with van der Waals surface area (Å²) in [4.78, 5) is 25.8. The monoisotopic (exact) mass is 551 g/mol. The maximum atomic E-state index is 13.0. The third-order valence-electron chi connectivity index (χ3n) is 5.11. The molecule has 1 aliphatic heterocycles. The van der Waals surface area contributed by atoms with Crippen LogP contribution in [-0.2, 0) is 4.79 Å². The smallest absolute Gasteiger partial charge is 0.287 e. The van der Waals surface area contributed by atoms with E-state index in [0.717, 1.165) is 0 Å². The van der Waals surface area contributed by atoms with Crippen LogP contribution in [0.1, 0.15) is 21.5 Å². The molecule has 184 valence electrons. The highest BCUT2D eigenvalue weighted by atomic mass is 79.9. The summed E-state index contributed by atoms with van der Waals surface area (Å²) in [6, 6.07) is 17.2. The molecule has 2 N–H and O–H groups in total. The van der Waals surface area contributed by atoms with Crippen LogP contribution in [0.2, 0.25) is 0 Å². The number of carbonyl (C=O) groups is 2. The number of fused-ring (bicyclic) bond motifs is 1.